The summed E-state index contributed by atoms with van der Waals surface area (Å²) < 4.78 is 5.65. The van der Waals surface area contributed by atoms with E-state index in [0.29, 0.717) is 17.9 Å². The molecule has 0 bridgehead atoms. The van der Waals surface area contributed by atoms with E-state index in [1.165, 1.54) is 5.56 Å². The molecule has 0 radical (unpaired) electrons. The topological polar surface area (TPSA) is 46.6 Å². The van der Waals surface area contributed by atoms with Crippen LogP contribution in [0.3, 0.4) is 0 Å². The normalized spacial score (nSPS) is 10.6. The molecule has 0 saturated carbocycles. The maximum absolute atomic E-state index is 12.3. The Kier molecular flexibility index (Phi) is 5.14. The Morgan fingerprint density at radius 1 is 1.20 bits per heavy atom. The summed E-state index contributed by atoms with van der Waals surface area (Å²) in [5.41, 5.74) is 1.66. The molecule has 0 N–H and O–H groups in total. The zero-order chi connectivity index (χ0) is 17.8. The number of thiophene rings is 1. The highest BCUT2D eigenvalue weighted by atomic mass is 32.1. The molecular weight excluding hydrogens is 334 g/mol. The predicted octanol–water partition coefficient (Wildman–Crippen LogP) is 4.06. The van der Waals surface area contributed by atoms with Crippen LogP contribution in [-0.4, -0.2) is 30.7 Å². The van der Waals surface area contributed by atoms with Crippen LogP contribution >= 0.6 is 11.3 Å². The molecular formula is C20H19NO3S. The van der Waals surface area contributed by atoms with Crippen LogP contribution in [0.15, 0.2) is 47.8 Å². The van der Waals surface area contributed by atoms with Crippen molar-refractivity contribution in [3.05, 3.63) is 63.8 Å². The van der Waals surface area contributed by atoms with E-state index >= 15 is 0 Å². The van der Waals surface area contributed by atoms with Crippen molar-refractivity contribution in [2.75, 3.05) is 13.7 Å². The lowest BCUT2D eigenvalue weighted by Gasteiger charge is -2.18. The fraction of sp³-hybridized carbons (Fsp3) is 0.200. The van der Waals surface area contributed by atoms with Gasteiger partial charge in [0.1, 0.15) is 5.75 Å². The van der Waals surface area contributed by atoms with E-state index in [1.807, 2.05) is 48.7 Å². The Labute approximate surface area is 150 Å². The highest BCUT2D eigenvalue weighted by molar-refractivity contribution is 7.10. The molecule has 0 aliphatic carbocycles. The molecule has 5 heteroatoms. The van der Waals surface area contributed by atoms with Gasteiger partial charge < -0.3 is 9.64 Å². The standard InChI is InChI=1S/C20H19NO3S/c1-14-9-10-25-19(14)11-21(2)20(23)13-24-18-8-7-15-5-3-4-6-16(15)17(18)12-22/h3-10,12H,11,13H2,1-2H3. The Bertz CT molecular complexity index is 916. The first kappa shape index (κ1) is 17.2. The van der Waals surface area contributed by atoms with Crippen molar-refractivity contribution in [1.29, 1.82) is 0 Å². The van der Waals surface area contributed by atoms with Crippen LogP contribution in [-0.2, 0) is 11.3 Å². The lowest BCUT2D eigenvalue weighted by Crippen LogP contribution is -2.31. The summed E-state index contributed by atoms with van der Waals surface area (Å²) in [5, 5.41) is 3.81. The molecule has 3 rings (SSSR count). The van der Waals surface area contributed by atoms with Crippen molar-refractivity contribution >= 4 is 34.3 Å². The molecule has 4 nitrogen and oxygen atoms in total. The molecule has 0 saturated heterocycles. The van der Waals surface area contributed by atoms with Gasteiger partial charge in [-0.25, -0.2) is 0 Å². The van der Waals surface area contributed by atoms with Gasteiger partial charge in [-0.3, -0.25) is 9.59 Å². The van der Waals surface area contributed by atoms with Gasteiger partial charge >= 0.3 is 0 Å². The Morgan fingerprint density at radius 2 is 2.00 bits per heavy atom. The molecule has 3 aromatic rings. The molecule has 0 atom stereocenters. The highest BCUT2D eigenvalue weighted by Gasteiger charge is 2.14. The minimum absolute atomic E-state index is 0.0971. The molecule has 0 aliphatic rings. The van der Waals surface area contributed by atoms with Crippen LogP contribution in [0, 0.1) is 6.92 Å². The minimum atomic E-state index is -0.127. The third-order valence-electron chi connectivity index (χ3n) is 4.17. The summed E-state index contributed by atoms with van der Waals surface area (Å²) in [5.74, 6) is 0.306. The van der Waals surface area contributed by atoms with Crippen LogP contribution < -0.4 is 4.74 Å². The molecule has 0 spiro atoms. The number of rotatable bonds is 6. The third-order valence-corrected chi connectivity index (χ3v) is 5.18. The second kappa shape index (κ2) is 7.49. The zero-order valence-electron chi connectivity index (χ0n) is 14.2. The van der Waals surface area contributed by atoms with E-state index in [0.717, 1.165) is 21.9 Å². The van der Waals surface area contributed by atoms with Gasteiger partial charge in [-0.05, 0) is 40.8 Å². The van der Waals surface area contributed by atoms with Crippen LogP contribution in [0.1, 0.15) is 20.8 Å². The van der Waals surface area contributed by atoms with Crippen LogP contribution in [0.4, 0.5) is 0 Å². The number of amides is 1. The molecule has 1 amide bonds. The average Bonchev–Trinajstić information content (AvgIpc) is 3.03. The zero-order valence-corrected chi connectivity index (χ0v) is 15.0. The molecule has 0 unspecified atom stereocenters. The van der Waals surface area contributed by atoms with Crippen LogP contribution in [0.25, 0.3) is 10.8 Å². The van der Waals surface area contributed by atoms with Gasteiger partial charge in [0.2, 0.25) is 0 Å². The second-order valence-corrected chi connectivity index (χ2v) is 6.88. The van der Waals surface area contributed by atoms with E-state index in [1.54, 1.807) is 29.4 Å². The number of hydrogen-bond donors (Lipinski definition) is 0. The SMILES string of the molecule is Cc1ccsc1CN(C)C(=O)COc1ccc2ccccc2c1C=O. The summed E-state index contributed by atoms with van der Waals surface area (Å²) in [6.07, 6.45) is 0.779. The first-order valence-corrected chi connectivity index (χ1v) is 8.84. The first-order valence-electron chi connectivity index (χ1n) is 7.97. The molecule has 0 aliphatic heterocycles. The number of ether oxygens (including phenoxy) is 1. The van der Waals surface area contributed by atoms with Gasteiger partial charge in [-0.2, -0.15) is 0 Å². The maximum atomic E-state index is 12.3. The summed E-state index contributed by atoms with van der Waals surface area (Å²) >= 11 is 1.64. The van der Waals surface area contributed by atoms with E-state index < -0.39 is 0 Å². The summed E-state index contributed by atoms with van der Waals surface area (Å²) in [6, 6.07) is 13.3. The molecule has 128 valence electrons. The van der Waals surface area contributed by atoms with Gasteiger partial charge in [-0.15, -0.1) is 11.3 Å². The highest BCUT2D eigenvalue weighted by Crippen LogP contribution is 2.26. The number of carbonyl (C=O) groups is 2. The number of nitrogens with zero attached hydrogens (tertiary/aromatic N) is 1. The van der Waals surface area contributed by atoms with Crippen molar-refractivity contribution in [1.82, 2.24) is 4.90 Å². The summed E-state index contributed by atoms with van der Waals surface area (Å²) in [7, 11) is 1.76. The minimum Gasteiger partial charge on any atom is -0.483 e. The molecule has 1 aromatic heterocycles. The number of fused-ring (bicyclic) bond motifs is 1. The van der Waals surface area contributed by atoms with E-state index in [2.05, 4.69) is 0 Å². The second-order valence-electron chi connectivity index (χ2n) is 5.88. The Morgan fingerprint density at radius 3 is 2.72 bits per heavy atom. The lowest BCUT2D eigenvalue weighted by molar-refractivity contribution is -0.132. The van der Waals surface area contributed by atoms with Crippen molar-refractivity contribution in [3.8, 4) is 5.75 Å². The number of carbonyl (C=O) groups excluding carboxylic acids is 2. The molecule has 25 heavy (non-hydrogen) atoms. The monoisotopic (exact) mass is 353 g/mol. The quantitative estimate of drug-likeness (QED) is 0.628. The van der Waals surface area contributed by atoms with Crippen molar-refractivity contribution in [2.45, 2.75) is 13.5 Å². The number of aldehydes is 1. The van der Waals surface area contributed by atoms with Gasteiger partial charge in [0.05, 0.1) is 12.1 Å². The lowest BCUT2D eigenvalue weighted by atomic mass is 10.0. The third kappa shape index (κ3) is 3.72. The molecule has 0 fully saturated rings. The fourth-order valence-electron chi connectivity index (χ4n) is 2.64. The number of benzene rings is 2. The maximum Gasteiger partial charge on any atom is 0.260 e. The summed E-state index contributed by atoms with van der Waals surface area (Å²) in [4.78, 5) is 26.6. The Hall–Kier alpha value is -2.66. The van der Waals surface area contributed by atoms with E-state index in [-0.39, 0.29) is 12.5 Å². The van der Waals surface area contributed by atoms with Crippen LogP contribution in [0.2, 0.25) is 0 Å². The molecule has 2 aromatic carbocycles. The van der Waals surface area contributed by atoms with Crippen LogP contribution in [0.5, 0.6) is 5.75 Å². The number of aryl methyl sites for hydroxylation is 1. The van der Waals surface area contributed by atoms with Gasteiger partial charge in [0, 0.05) is 11.9 Å². The Balaban J connectivity index is 1.70. The summed E-state index contributed by atoms with van der Waals surface area (Å²) in [6.45, 7) is 2.50. The average molecular weight is 353 g/mol. The van der Waals surface area contributed by atoms with Crippen molar-refractivity contribution < 1.29 is 14.3 Å². The molecule has 1 heterocycles. The fourth-order valence-corrected chi connectivity index (χ4v) is 3.60. The van der Waals surface area contributed by atoms with Gasteiger partial charge in [0.15, 0.2) is 12.9 Å². The van der Waals surface area contributed by atoms with Gasteiger partial charge in [0.25, 0.3) is 5.91 Å². The first-order chi connectivity index (χ1) is 12.1. The van der Waals surface area contributed by atoms with E-state index in [4.69, 9.17) is 4.74 Å². The van der Waals surface area contributed by atoms with Crippen molar-refractivity contribution in [3.63, 3.8) is 0 Å². The van der Waals surface area contributed by atoms with E-state index in [9.17, 15) is 9.59 Å². The predicted molar refractivity (Wildman–Crippen MR) is 100 cm³/mol. The number of hydrogen-bond acceptors (Lipinski definition) is 4. The smallest absolute Gasteiger partial charge is 0.260 e. The largest absolute Gasteiger partial charge is 0.483 e. The van der Waals surface area contributed by atoms with Crippen molar-refractivity contribution in [2.24, 2.45) is 0 Å². The van der Waals surface area contributed by atoms with Gasteiger partial charge in [-0.1, -0.05) is 30.3 Å². The number of likely N-dealkylation sites (N-methyl/N-ethyl adjacent to an activating group) is 1.